The first-order valence-corrected chi connectivity index (χ1v) is 8.12. The molecule has 1 aliphatic carbocycles. The van der Waals surface area contributed by atoms with Gasteiger partial charge in [0.1, 0.15) is 5.00 Å². The Balaban J connectivity index is 2.32. The van der Waals surface area contributed by atoms with Crippen molar-refractivity contribution in [2.75, 3.05) is 24.2 Å². The van der Waals surface area contributed by atoms with Gasteiger partial charge in [-0.25, -0.2) is 0 Å². The molecule has 0 saturated heterocycles. The quantitative estimate of drug-likeness (QED) is 0.757. The Morgan fingerprint density at radius 2 is 2.00 bits per heavy atom. The number of Topliss-reactive ketones (excluding diaryl/α,β-unsaturated/α-hetero) is 1. The molecule has 1 aromatic rings. The van der Waals surface area contributed by atoms with Crippen molar-refractivity contribution in [3.05, 3.63) is 10.4 Å². The summed E-state index contributed by atoms with van der Waals surface area (Å²) in [6.45, 7) is 5.09. The Labute approximate surface area is 129 Å². The molecule has 1 aromatic heterocycles. The zero-order valence-corrected chi connectivity index (χ0v) is 13.6. The topological polar surface area (TPSA) is 89.4 Å². The zero-order valence-electron chi connectivity index (χ0n) is 12.8. The SMILES string of the molecule is CC(C)CCN(C)c1sc(C(=O)C2CC2)c(N)c1C(N)=O. The lowest BCUT2D eigenvalue weighted by atomic mass is 10.1. The fourth-order valence-corrected chi connectivity index (χ4v) is 3.44. The van der Waals surface area contributed by atoms with Crippen molar-refractivity contribution in [3.63, 3.8) is 0 Å². The van der Waals surface area contributed by atoms with Crippen molar-refractivity contribution < 1.29 is 9.59 Å². The van der Waals surface area contributed by atoms with Crippen LogP contribution in [0.2, 0.25) is 0 Å². The van der Waals surface area contributed by atoms with Gasteiger partial charge >= 0.3 is 0 Å². The van der Waals surface area contributed by atoms with Crippen LogP contribution in [0.5, 0.6) is 0 Å². The van der Waals surface area contributed by atoms with E-state index in [0.29, 0.717) is 21.4 Å². The number of nitrogens with zero attached hydrogens (tertiary/aromatic N) is 1. The van der Waals surface area contributed by atoms with Crippen molar-refractivity contribution in [2.45, 2.75) is 33.1 Å². The van der Waals surface area contributed by atoms with E-state index in [4.69, 9.17) is 11.5 Å². The van der Waals surface area contributed by atoms with E-state index >= 15 is 0 Å². The molecule has 1 fully saturated rings. The van der Waals surface area contributed by atoms with E-state index in [1.165, 1.54) is 11.3 Å². The van der Waals surface area contributed by atoms with Crippen LogP contribution in [0.4, 0.5) is 10.7 Å². The molecule has 0 bridgehead atoms. The maximum atomic E-state index is 12.3. The molecule has 2 rings (SSSR count). The fourth-order valence-electron chi connectivity index (χ4n) is 2.21. The van der Waals surface area contributed by atoms with Gasteiger partial charge in [0.25, 0.3) is 5.91 Å². The summed E-state index contributed by atoms with van der Waals surface area (Å²) >= 11 is 1.30. The van der Waals surface area contributed by atoms with Crippen molar-refractivity contribution in [1.82, 2.24) is 0 Å². The van der Waals surface area contributed by atoms with E-state index in [1.807, 2.05) is 11.9 Å². The van der Waals surface area contributed by atoms with E-state index in [1.54, 1.807) is 0 Å². The molecule has 0 radical (unpaired) electrons. The molecule has 5 nitrogen and oxygen atoms in total. The minimum absolute atomic E-state index is 0.0588. The largest absolute Gasteiger partial charge is 0.397 e. The molecule has 1 amide bonds. The second-order valence-electron chi connectivity index (χ2n) is 6.13. The molecule has 0 spiro atoms. The van der Waals surface area contributed by atoms with Gasteiger partial charge in [-0.2, -0.15) is 0 Å². The van der Waals surface area contributed by atoms with Gasteiger partial charge < -0.3 is 16.4 Å². The third kappa shape index (κ3) is 3.37. The van der Waals surface area contributed by atoms with E-state index in [0.717, 1.165) is 25.8 Å². The molecular formula is C15H23N3O2S. The Morgan fingerprint density at radius 1 is 1.38 bits per heavy atom. The zero-order chi connectivity index (χ0) is 15.7. The summed E-state index contributed by atoms with van der Waals surface area (Å²) in [6, 6.07) is 0. The van der Waals surface area contributed by atoms with Crippen LogP contribution < -0.4 is 16.4 Å². The molecule has 116 valence electrons. The number of hydrogen-bond donors (Lipinski definition) is 2. The van der Waals surface area contributed by atoms with Crippen molar-refractivity contribution in [2.24, 2.45) is 17.6 Å². The first-order chi connectivity index (χ1) is 9.82. The van der Waals surface area contributed by atoms with E-state index in [9.17, 15) is 9.59 Å². The summed E-state index contributed by atoms with van der Waals surface area (Å²) in [6.07, 6.45) is 2.83. The number of thiophene rings is 1. The minimum Gasteiger partial charge on any atom is -0.397 e. The van der Waals surface area contributed by atoms with Gasteiger partial charge in [-0.3, -0.25) is 9.59 Å². The third-order valence-corrected chi connectivity index (χ3v) is 5.07. The monoisotopic (exact) mass is 309 g/mol. The van der Waals surface area contributed by atoms with Gasteiger partial charge in [0.15, 0.2) is 5.78 Å². The molecule has 1 heterocycles. The van der Waals surface area contributed by atoms with Gasteiger partial charge in [0.05, 0.1) is 16.1 Å². The second kappa shape index (κ2) is 6.05. The molecule has 4 N–H and O–H groups in total. The van der Waals surface area contributed by atoms with E-state index in [-0.39, 0.29) is 17.4 Å². The van der Waals surface area contributed by atoms with Crippen LogP contribution >= 0.6 is 11.3 Å². The molecule has 21 heavy (non-hydrogen) atoms. The third-order valence-electron chi connectivity index (χ3n) is 3.73. The molecule has 0 aliphatic heterocycles. The maximum absolute atomic E-state index is 12.3. The highest BCUT2D eigenvalue weighted by atomic mass is 32.1. The second-order valence-corrected chi connectivity index (χ2v) is 7.13. The summed E-state index contributed by atoms with van der Waals surface area (Å²) in [7, 11) is 1.91. The Kier molecular flexibility index (Phi) is 4.56. The van der Waals surface area contributed by atoms with Crippen LogP contribution in [0.15, 0.2) is 0 Å². The number of anilines is 2. The number of primary amides is 1. The molecular weight excluding hydrogens is 286 g/mol. The van der Waals surface area contributed by atoms with Crippen LogP contribution in [-0.4, -0.2) is 25.3 Å². The van der Waals surface area contributed by atoms with E-state index in [2.05, 4.69) is 13.8 Å². The van der Waals surface area contributed by atoms with Gasteiger partial charge in [-0.1, -0.05) is 13.8 Å². The van der Waals surface area contributed by atoms with Gasteiger partial charge in [0, 0.05) is 19.5 Å². The van der Waals surface area contributed by atoms with Gasteiger partial charge in [-0.15, -0.1) is 11.3 Å². The lowest BCUT2D eigenvalue weighted by Crippen LogP contribution is -2.23. The van der Waals surface area contributed by atoms with Gasteiger partial charge in [-0.05, 0) is 25.2 Å². The molecule has 0 unspecified atom stereocenters. The molecule has 0 atom stereocenters. The van der Waals surface area contributed by atoms with Crippen molar-refractivity contribution in [1.29, 1.82) is 0 Å². The average molecular weight is 309 g/mol. The maximum Gasteiger partial charge on any atom is 0.253 e. The summed E-state index contributed by atoms with van der Waals surface area (Å²) in [5.41, 5.74) is 12.1. The lowest BCUT2D eigenvalue weighted by molar-refractivity contribution is 0.0972. The van der Waals surface area contributed by atoms with Crippen LogP contribution in [0.25, 0.3) is 0 Å². The number of hydrogen-bond acceptors (Lipinski definition) is 5. The van der Waals surface area contributed by atoms with Crippen molar-refractivity contribution >= 4 is 33.7 Å². The summed E-state index contributed by atoms with van der Waals surface area (Å²) < 4.78 is 0. The Hall–Kier alpha value is -1.56. The molecule has 1 aliphatic rings. The first-order valence-electron chi connectivity index (χ1n) is 7.30. The number of carbonyl (C=O) groups excluding carboxylic acids is 2. The standard InChI is InChI=1S/C15H23N3O2S/c1-8(2)6-7-18(3)15-10(14(17)20)11(16)13(21-15)12(19)9-4-5-9/h8-9H,4-7,16H2,1-3H3,(H2,17,20). The Bertz CT molecular complexity index is 562. The summed E-state index contributed by atoms with van der Waals surface area (Å²) in [4.78, 5) is 26.5. The van der Waals surface area contributed by atoms with Crippen LogP contribution in [0, 0.1) is 11.8 Å². The Morgan fingerprint density at radius 3 is 2.48 bits per heavy atom. The van der Waals surface area contributed by atoms with Crippen LogP contribution in [0.1, 0.15) is 53.1 Å². The normalized spacial score (nSPS) is 14.5. The predicted molar refractivity (Wildman–Crippen MR) is 87.0 cm³/mol. The minimum atomic E-state index is -0.565. The average Bonchev–Trinajstić information content (AvgIpc) is 3.18. The number of nitrogens with two attached hydrogens (primary N) is 2. The predicted octanol–water partition coefficient (Wildman–Crippen LogP) is 2.50. The summed E-state index contributed by atoms with van der Waals surface area (Å²) in [5.74, 6) is 0.142. The number of ketones is 1. The highest BCUT2D eigenvalue weighted by molar-refractivity contribution is 7.19. The number of nitrogen functional groups attached to an aromatic ring is 1. The molecule has 6 heteroatoms. The number of carbonyl (C=O) groups is 2. The fraction of sp³-hybridized carbons (Fsp3) is 0.600. The summed E-state index contributed by atoms with van der Waals surface area (Å²) in [5, 5.41) is 0.713. The van der Waals surface area contributed by atoms with Crippen LogP contribution in [0.3, 0.4) is 0 Å². The first kappa shape index (κ1) is 15.8. The van der Waals surface area contributed by atoms with Gasteiger partial charge in [0.2, 0.25) is 0 Å². The van der Waals surface area contributed by atoms with E-state index < -0.39 is 5.91 Å². The number of amides is 1. The highest BCUT2D eigenvalue weighted by Gasteiger charge is 2.35. The lowest BCUT2D eigenvalue weighted by Gasteiger charge is -2.19. The van der Waals surface area contributed by atoms with Crippen molar-refractivity contribution in [3.8, 4) is 0 Å². The highest BCUT2D eigenvalue weighted by Crippen LogP contribution is 2.42. The number of rotatable bonds is 7. The molecule has 1 saturated carbocycles. The smallest absolute Gasteiger partial charge is 0.253 e. The van der Waals surface area contributed by atoms with Crippen LogP contribution in [-0.2, 0) is 0 Å². The molecule has 0 aromatic carbocycles.